The van der Waals surface area contributed by atoms with Crippen LogP contribution in [-0.4, -0.2) is 0 Å². The lowest BCUT2D eigenvalue weighted by molar-refractivity contribution is 0.670. The molecule has 8 rings (SSSR count). The number of furan rings is 1. The van der Waals surface area contributed by atoms with Crippen LogP contribution in [0.1, 0.15) is 32.9 Å². The second-order valence-corrected chi connectivity index (χ2v) is 8.26. The summed E-state index contributed by atoms with van der Waals surface area (Å²) in [6, 6.07) is -21.7. The molecule has 0 N–H and O–H groups in total. The van der Waals surface area contributed by atoms with Crippen molar-refractivity contribution in [3.63, 3.8) is 0 Å². The summed E-state index contributed by atoms with van der Waals surface area (Å²) in [6.07, 6.45) is 0. The van der Waals surface area contributed by atoms with Crippen LogP contribution in [-0.2, 0) is 0 Å². The molecule has 0 saturated heterocycles. The zero-order valence-electron chi connectivity index (χ0n) is 43.4. The topological polar surface area (TPSA) is 13.1 Å². The van der Waals surface area contributed by atoms with Gasteiger partial charge in [-0.15, -0.1) is 0 Å². The highest BCUT2D eigenvalue weighted by molar-refractivity contribution is 6.24. The molecule has 0 bridgehead atoms. The molecular formula is C38H24O. The molecule has 0 saturated carbocycles. The van der Waals surface area contributed by atoms with E-state index in [1.807, 2.05) is 0 Å². The normalized spacial score (nSPS) is 20.2. The number of benzene rings is 7. The van der Waals surface area contributed by atoms with Gasteiger partial charge in [0.1, 0.15) is 11.2 Å². The summed E-state index contributed by atoms with van der Waals surface area (Å²) in [6.45, 7) is 0. The Bertz CT molecular complexity index is 3440. The lowest BCUT2D eigenvalue weighted by atomic mass is 9.84. The number of para-hydroxylation sites is 2. The summed E-state index contributed by atoms with van der Waals surface area (Å²) in [5, 5.41) is -3.74. The van der Waals surface area contributed by atoms with E-state index in [0.29, 0.717) is 0 Å². The molecule has 182 valence electrons. The lowest BCUT2D eigenvalue weighted by Gasteiger charge is -2.19. The maximum Gasteiger partial charge on any atom is 0.143 e. The van der Waals surface area contributed by atoms with Gasteiger partial charge >= 0.3 is 0 Å². The molecule has 1 heteroatoms. The van der Waals surface area contributed by atoms with Crippen LogP contribution in [0.3, 0.4) is 0 Å². The van der Waals surface area contributed by atoms with Gasteiger partial charge in [0.2, 0.25) is 0 Å². The van der Waals surface area contributed by atoms with Crippen molar-refractivity contribution in [2.75, 3.05) is 0 Å². The van der Waals surface area contributed by atoms with Gasteiger partial charge in [-0.25, -0.2) is 0 Å². The molecule has 1 aromatic heterocycles. The molecule has 0 amide bonds. The molecule has 0 aliphatic carbocycles. The average Bonchev–Trinajstić information content (AvgIpc) is 3.66. The minimum Gasteiger partial charge on any atom is -0.455 e. The zero-order valence-corrected chi connectivity index (χ0v) is 19.4. The van der Waals surface area contributed by atoms with Gasteiger partial charge in [0.25, 0.3) is 0 Å². The molecule has 0 atom stereocenters. The summed E-state index contributed by atoms with van der Waals surface area (Å²) >= 11 is 0. The molecule has 39 heavy (non-hydrogen) atoms. The van der Waals surface area contributed by atoms with Crippen molar-refractivity contribution >= 4 is 43.5 Å². The van der Waals surface area contributed by atoms with Crippen molar-refractivity contribution in [3.8, 4) is 33.4 Å². The highest BCUT2D eigenvalue weighted by atomic mass is 16.3. The first-order valence-electron chi connectivity index (χ1n) is 23.4. The van der Waals surface area contributed by atoms with Crippen LogP contribution in [0, 0.1) is 0 Å². The quantitative estimate of drug-likeness (QED) is 0.211. The van der Waals surface area contributed by atoms with E-state index < -0.39 is 222 Å². The third-order valence-electron chi connectivity index (χ3n) is 6.19. The van der Waals surface area contributed by atoms with Crippen LogP contribution in [0.4, 0.5) is 0 Å². The average molecular weight is 521 g/mol. The molecule has 0 spiro atoms. The predicted octanol–water partition coefficient (Wildman–Crippen LogP) is 10.9. The number of rotatable bonds is 3. The Kier molecular flexibility index (Phi) is 1.94. The lowest BCUT2D eigenvalue weighted by Crippen LogP contribution is -1.92. The van der Waals surface area contributed by atoms with Crippen molar-refractivity contribution in [3.05, 3.63) is 145 Å². The Hall–Kier alpha value is -5.14. The van der Waals surface area contributed by atoms with E-state index in [0.717, 1.165) is 0 Å². The Balaban J connectivity index is 1.84. The van der Waals surface area contributed by atoms with Crippen molar-refractivity contribution in [1.82, 2.24) is 0 Å². The molecule has 0 radical (unpaired) electrons. The van der Waals surface area contributed by atoms with Crippen molar-refractivity contribution in [2.24, 2.45) is 0 Å². The second kappa shape index (κ2) is 8.72. The van der Waals surface area contributed by atoms with E-state index in [1.54, 1.807) is 0 Å². The SMILES string of the molecule is [2H]c1c([2H])c([2H])c(-c2c([2H])c([2H])c3c(-c4c([2H])c([2H])c([2H])c([2H])c4[2H])c4c([2H])c([2H])c([2H])c([2H])c4c(-c4c([2H])c([2H])c([2H])c5c4oc4c([2H])c([2H])c([2H])c([2H])c45)c3c2[2H])c([2H])c1[2H]. The monoisotopic (exact) mass is 520 g/mol. The van der Waals surface area contributed by atoms with Crippen molar-refractivity contribution in [2.45, 2.75) is 0 Å². The van der Waals surface area contributed by atoms with Crippen LogP contribution in [0.5, 0.6) is 0 Å². The summed E-state index contributed by atoms with van der Waals surface area (Å²) in [5.41, 5.74) is -5.63. The van der Waals surface area contributed by atoms with Gasteiger partial charge in [0.15, 0.2) is 0 Å². The van der Waals surface area contributed by atoms with Crippen molar-refractivity contribution < 1.29 is 37.3 Å². The zero-order chi connectivity index (χ0) is 46.6. The fourth-order valence-corrected chi connectivity index (χ4v) is 4.60. The molecule has 0 fully saturated rings. The summed E-state index contributed by atoms with van der Waals surface area (Å²) in [7, 11) is 0. The minimum atomic E-state index is -1.02. The largest absolute Gasteiger partial charge is 0.455 e. The third kappa shape index (κ3) is 3.41. The Morgan fingerprint density at radius 1 is 0.385 bits per heavy atom. The summed E-state index contributed by atoms with van der Waals surface area (Å²) in [4.78, 5) is 0. The molecule has 7 aromatic carbocycles. The maximum atomic E-state index is 9.86. The predicted molar refractivity (Wildman–Crippen MR) is 165 cm³/mol. The molecular weight excluding hydrogens is 472 g/mol. The van der Waals surface area contributed by atoms with Crippen LogP contribution < -0.4 is 0 Å². The molecule has 1 nitrogen and oxygen atoms in total. The van der Waals surface area contributed by atoms with Gasteiger partial charge in [0.05, 0.1) is 32.9 Å². The van der Waals surface area contributed by atoms with Crippen LogP contribution in [0.15, 0.2) is 149 Å². The molecule has 0 aliphatic rings. The number of hydrogen-bond acceptors (Lipinski definition) is 1. The van der Waals surface area contributed by atoms with E-state index >= 15 is 0 Å². The van der Waals surface area contributed by atoms with E-state index in [4.69, 9.17) is 29.1 Å². The van der Waals surface area contributed by atoms with Gasteiger partial charge in [-0.1, -0.05) is 133 Å². The maximum absolute atomic E-state index is 9.86. The Labute approximate surface area is 260 Å². The van der Waals surface area contributed by atoms with E-state index in [2.05, 4.69) is 0 Å². The van der Waals surface area contributed by atoms with Gasteiger partial charge in [-0.05, 0) is 55.9 Å². The van der Waals surface area contributed by atoms with E-state index in [9.17, 15) is 8.22 Å². The fraction of sp³-hybridized carbons (Fsp3) is 0. The number of hydrogen-bond donors (Lipinski definition) is 0. The fourth-order valence-electron chi connectivity index (χ4n) is 4.60. The smallest absolute Gasteiger partial charge is 0.143 e. The van der Waals surface area contributed by atoms with Gasteiger partial charge < -0.3 is 4.42 Å². The van der Waals surface area contributed by atoms with Gasteiger partial charge in [0, 0.05) is 21.9 Å². The van der Waals surface area contributed by atoms with E-state index in [-0.39, 0.29) is 0 Å². The Morgan fingerprint density at radius 3 is 1.74 bits per heavy atom. The van der Waals surface area contributed by atoms with Gasteiger partial charge in [-0.2, -0.15) is 0 Å². The van der Waals surface area contributed by atoms with E-state index in [1.165, 1.54) is 0 Å². The second-order valence-electron chi connectivity index (χ2n) is 8.26. The summed E-state index contributed by atoms with van der Waals surface area (Å²) < 4.78 is 218. The first-order valence-corrected chi connectivity index (χ1v) is 11.4. The van der Waals surface area contributed by atoms with Crippen molar-refractivity contribution in [1.29, 1.82) is 0 Å². The highest BCUT2D eigenvalue weighted by Crippen LogP contribution is 2.47. The number of fused-ring (bicyclic) bond motifs is 5. The van der Waals surface area contributed by atoms with Crippen LogP contribution in [0.25, 0.3) is 76.9 Å². The third-order valence-corrected chi connectivity index (χ3v) is 6.19. The Morgan fingerprint density at radius 2 is 0.974 bits per heavy atom. The van der Waals surface area contributed by atoms with Crippen LogP contribution >= 0.6 is 0 Å². The van der Waals surface area contributed by atoms with Crippen LogP contribution in [0.2, 0.25) is 0 Å². The first kappa shape index (κ1) is 8.69. The molecule has 0 unspecified atom stereocenters. The standard InChI is InChI=1S/C38H24O/c1-3-12-25(13-4-1)27-22-23-31-34(24-27)37(30-18-8-7-17-29(30)36(31)26-14-5-2-6-15-26)33-20-11-19-32-28-16-9-10-21-35(28)39-38(32)33/h1-24H/i1D,2D,3D,4D,5D,6D,7D,8D,9D,10D,11D,12D,13D,14D,15D,16D,17D,18D,19D,20D,21D,22D,23D,24D. The molecule has 0 aliphatic heterocycles. The summed E-state index contributed by atoms with van der Waals surface area (Å²) in [5.74, 6) is 0. The highest BCUT2D eigenvalue weighted by Gasteiger charge is 2.20. The minimum absolute atomic E-state index is 0.428. The first-order chi connectivity index (χ1) is 29.3. The molecule has 1 heterocycles. The van der Waals surface area contributed by atoms with Gasteiger partial charge in [-0.3, -0.25) is 0 Å². The molecule has 8 aromatic rings.